The summed E-state index contributed by atoms with van der Waals surface area (Å²) in [5.74, 6) is 2.04. The van der Waals surface area contributed by atoms with Crippen LogP contribution < -0.4 is 20.1 Å². The van der Waals surface area contributed by atoms with Gasteiger partial charge in [-0.25, -0.2) is 4.99 Å². The average molecular weight is 427 g/mol. The molecule has 0 saturated carbocycles. The molecule has 2 N–H and O–H groups in total. The molecule has 1 aliphatic rings. The lowest BCUT2D eigenvalue weighted by Crippen LogP contribution is -2.44. The number of hydrogen-bond donors (Lipinski definition) is 2. The van der Waals surface area contributed by atoms with Gasteiger partial charge in [-0.2, -0.15) is 0 Å². The fraction of sp³-hybridized carbons (Fsp3) is 0.556. The smallest absolute Gasteiger partial charge is 0.241 e. The Bertz CT molecular complexity index is 646. The van der Waals surface area contributed by atoms with E-state index >= 15 is 0 Å². The Morgan fingerprint density at radius 2 is 1.85 bits per heavy atom. The van der Waals surface area contributed by atoms with Gasteiger partial charge in [-0.05, 0) is 37.5 Å². The number of halogens is 1. The Morgan fingerprint density at radius 1 is 1.19 bits per heavy atom. The zero-order valence-electron chi connectivity index (χ0n) is 15.6. The van der Waals surface area contributed by atoms with E-state index in [1.807, 2.05) is 24.0 Å². The fourth-order valence-electron chi connectivity index (χ4n) is 2.76. The maximum Gasteiger partial charge on any atom is 0.241 e. The summed E-state index contributed by atoms with van der Waals surface area (Å²) in [5, 5.41) is 6.28. The molecule has 0 radical (unpaired) electrons. The number of hydrogen-bond acceptors (Lipinski definition) is 4. The molecule has 8 heteroatoms. The molecule has 1 aliphatic heterocycles. The van der Waals surface area contributed by atoms with Gasteiger partial charge in [0.15, 0.2) is 17.5 Å². The quantitative estimate of drug-likeness (QED) is 0.515. The molecular weight excluding hydrogens is 400 g/mol. The Kier molecular flexibility index (Phi) is 8.03. The van der Waals surface area contributed by atoms with E-state index < -0.39 is 0 Å². The third-order valence-corrected chi connectivity index (χ3v) is 4.91. The van der Waals surface area contributed by atoms with Crippen molar-refractivity contribution in [2.75, 3.05) is 40.4 Å². The predicted molar refractivity (Wildman–Crippen MR) is 106 cm³/mol. The van der Waals surface area contributed by atoms with Gasteiger partial charge in [-0.1, -0.05) is 15.9 Å². The molecule has 0 aliphatic carbocycles. The molecule has 1 saturated heterocycles. The van der Waals surface area contributed by atoms with Crippen molar-refractivity contribution in [3.63, 3.8) is 0 Å². The minimum absolute atomic E-state index is 0.111. The van der Waals surface area contributed by atoms with E-state index in [1.54, 1.807) is 14.2 Å². The molecule has 1 fully saturated rings. The van der Waals surface area contributed by atoms with E-state index in [0.717, 1.165) is 42.5 Å². The Balaban J connectivity index is 2.02. The number of rotatable bonds is 7. The summed E-state index contributed by atoms with van der Waals surface area (Å²) in [6, 6.07) is 3.76. The first-order valence-electron chi connectivity index (χ1n) is 8.79. The molecule has 0 atom stereocenters. The van der Waals surface area contributed by atoms with Crippen molar-refractivity contribution in [3.05, 3.63) is 22.2 Å². The van der Waals surface area contributed by atoms with E-state index in [0.29, 0.717) is 24.0 Å². The third-order valence-electron chi connectivity index (χ3n) is 4.17. The largest absolute Gasteiger partial charge is 0.493 e. The summed E-state index contributed by atoms with van der Waals surface area (Å²) in [4.78, 5) is 18.6. The van der Waals surface area contributed by atoms with Crippen LogP contribution in [0, 0.1) is 0 Å². The van der Waals surface area contributed by atoms with Crippen LogP contribution in [0.3, 0.4) is 0 Å². The normalized spacial score (nSPS) is 14.3. The summed E-state index contributed by atoms with van der Waals surface area (Å²) in [6.45, 7) is 5.11. The van der Waals surface area contributed by atoms with E-state index in [-0.39, 0.29) is 12.5 Å². The lowest BCUT2D eigenvalue weighted by atomic mass is 10.2. The SMILES string of the molecule is CCNC(=NCc1cc(OC)c(OC)cc1Br)NCC(=O)N1CCCC1. The van der Waals surface area contributed by atoms with Crippen molar-refractivity contribution < 1.29 is 14.3 Å². The fourth-order valence-corrected chi connectivity index (χ4v) is 3.21. The molecule has 2 rings (SSSR count). The highest BCUT2D eigenvalue weighted by molar-refractivity contribution is 9.10. The summed E-state index contributed by atoms with van der Waals surface area (Å²) in [7, 11) is 3.21. The Labute approximate surface area is 163 Å². The standard InChI is InChI=1S/C18H27BrN4O3/c1-4-20-18(22-12-17(24)23-7-5-6-8-23)21-11-13-9-15(25-2)16(26-3)10-14(13)19/h9-10H,4-8,11-12H2,1-3H3,(H2,20,21,22). The van der Waals surface area contributed by atoms with Crippen molar-refractivity contribution in [1.29, 1.82) is 0 Å². The number of amides is 1. The molecule has 0 bridgehead atoms. The zero-order valence-corrected chi connectivity index (χ0v) is 17.2. The second kappa shape index (κ2) is 10.3. The molecule has 1 aromatic rings. The molecule has 144 valence electrons. The van der Waals surface area contributed by atoms with Gasteiger partial charge in [0.25, 0.3) is 0 Å². The number of nitrogens with zero attached hydrogens (tertiary/aromatic N) is 2. The summed E-state index contributed by atoms with van der Waals surface area (Å²) in [6.07, 6.45) is 2.18. The molecule has 0 spiro atoms. The van der Waals surface area contributed by atoms with Gasteiger partial charge >= 0.3 is 0 Å². The molecule has 1 heterocycles. The number of benzene rings is 1. The lowest BCUT2D eigenvalue weighted by molar-refractivity contribution is -0.128. The zero-order chi connectivity index (χ0) is 18.9. The second-order valence-corrected chi connectivity index (χ2v) is 6.79. The van der Waals surface area contributed by atoms with Crippen LogP contribution in [0.25, 0.3) is 0 Å². The van der Waals surface area contributed by atoms with Crippen LogP contribution in [0.4, 0.5) is 0 Å². The molecule has 0 aromatic heterocycles. The van der Waals surface area contributed by atoms with Gasteiger partial charge < -0.3 is 25.0 Å². The van der Waals surface area contributed by atoms with Gasteiger partial charge in [0.05, 0.1) is 27.3 Å². The number of carbonyl (C=O) groups is 1. The first-order valence-corrected chi connectivity index (χ1v) is 9.58. The number of guanidine groups is 1. The number of carbonyl (C=O) groups excluding carboxylic acids is 1. The van der Waals surface area contributed by atoms with Gasteiger partial charge in [0.1, 0.15) is 0 Å². The van der Waals surface area contributed by atoms with Crippen LogP contribution in [0.1, 0.15) is 25.3 Å². The molecule has 7 nitrogen and oxygen atoms in total. The van der Waals surface area contributed by atoms with Crippen molar-refractivity contribution >= 4 is 27.8 Å². The van der Waals surface area contributed by atoms with Crippen molar-refractivity contribution in [1.82, 2.24) is 15.5 Å². The molecule has 1 amide bonds. The highest BCUT2D eigenvalue weighted by Crippen LogP contribution is 2.33. The van der Waals surface area contributed by atoms with Gasteiger partial charge in [-0.15, -0.1) is 0 Å². The topological polar surface area (TPSA) is 75.2 Å². The first-order chi connectivity index (χ1) is 12.6. The van der Waals surface area contributed by atoms with Gasteiger partial charge in [0.2, 0.25) is 5.91 Å². The first kappa shape index (κ1) is 20.4. The summed E-state index contributed by atoms with van der Waals surface area (Å²) in [5.41, 5.74) is 0.964. The Morgan fingerprint density at radius 3 is 2.46 bits per heavy atom. The van der Waals surface area contributed by atoms with Gasteiger partial charge in [-0.3, -0.25) is 4.79 Å². The minimum atomic E-state index is 0.111. The number of methoxy groups -OCH3 is 2. The van der Waals surface area contributed by atoms with E-state index in [9.17, 15) is 4.79 Å². The number of aliphatic imine (C=N–C) groups is 1. The average Bonchev–Trinajstić information content (AvgIpc) is 3.19. The highest BCUT2D eigenvalue weighted by atomic mass is 79.9. The maximum absolute atomic E-state index is 12.2. The van der Waals surface area contributed by atoms with Crippen LogP contribution in [-0.4, -0.2) is 57.2 Å². The maximum atomic E-state index is 12.2. The van der Waals surface area contributed by atoms with E-state index in [4.69, 9.17) is 9.47 Å². The van der Waals surface area contributed by atoms with E-state index in [2.05, 4.69) is 31.6 Å². The lowest BCUT2D eigenvalue weighted by Gasteiger charge is -2.17. The van der Waals surface area contributed by atoms with Crippen molar-refractivity contribution in [3.8, 4) is 11.5 Å². The van der Waals surface area contributed by atoms with E-state index in [1.165, 1.54) is 0 Å². The van der Waals surface area contributed by atoms with Crippen LogP contribution in [0.5, 0.6) is 11.5 Å². The van der Waals surface area contributed by atoms with Crippen LogP contribution in [-0.2, 0) is 11.3 Å². The van der Waals surface area contributed by atoms with Crippen LogP contribution >= 0.6 is 15.9 Å². The third kappa shape index (κ3) is 5.52. The molecule has 1 aromatic carbocycles. The van der Waals surface area contributed by atoms with Crippen molar-refractivity contribution in [2.24, 2.45) is 4.99 Å². The predicted octanol–water partition coefficient (Wildman–Crippen LogP) is 2.14. The van der Waals surface area contributed by atoms with Crippen LogP contribution in [0.2, 0.25) is 0 Å². The highest BCUT2D eigenvalue weighted by Gasteiger charge is 2.17. The number of nitrogens with one attached hydrogen (secondary N) is 2. The summed E-state index contributed by atoms with van der Waals surface area (Å²) < 4.78 is 11.5. The van der Waals surface area contributed by atoms with Crippen molar-refractivity contribution in [2.45, 2.75) is 26.3 Å². The minimum Gasteiger partial charge on any atom is -0.493 e. The number of ether oxygens (including phenoxy) is 2. The molecule has 26 heavy (non-hydrogen) atoms. The molecular formula is C18H27BrN4O3. The summed E-state index contributed by atoms with van der Waals surface area (Å²) >= 11 is 3.54. The Hall–Kier alpha value is -1.96. The number of likely N-dealkylation sites (tertiary alicyclic amines) is 1. The van der Waals surface area contributed by atoms with Crippen LogP contribution in [0.15, 0.2) is 21.6 Å². The monoisotopic (exact) mass is 426 g/mol. The second-order valence-electron chi connectivity index (χ2n) is 5.94. The van der Waals surface area contributed by atoms with Gasteiger partial charge in [0, 0.05) is 24.1 Å². The molecule has 0 unspecified atom stereocenters.